The van der Waals surface area contributed by atoms with Gasteiger partial charge in [-0.25, -0.2) is 0 Å². The van der Waals surface area contributed by atoms with Crippen LogP contribution in [-0.4, -0.2) is 11.3 Å². The molecule has 1 amide bonds. The molecular formula is C4H5NOS. The Morgan fingerprint density at radius 3 is 2.29 bits per heavy atom. The van der Waals surface area contributed by atoms with Crippen molar-refractivity contribution in [1.82, 2.24) is 0 Å². The van der Waals surface area contributed by atoms with Crippen molar-refractivity contribution in [3.63, 3.8) is 0 Å². The number of nitrogens with two attached hydrogens (primary N) is 1. The van der Waals surface area contributed by atoms with Crippen LogP contribution in [0, 0.1) is 0 Å². The van der Waals surface area contributed by atoms with E-state index in [2.05, 4.69) is 18.8 Å². The van der Waals surface area contributed by atoms with Crippen molar-refractivity contribution in [1.29, 1.82) is 0 Å². The topological polar surface area (TPSA) is 43.1 Å². The number of thiocarbonyl (C=S) groups is 1. The van der Waals surface area contributed by atoms with Crippen molar-refractivity contribution < 1.29 is 4.79 Å². The molecule has 0 saturated heterocycles. The third-order valence-corrected chi connectivity index (χ3v) is 0.743. The lowest BCUT2D eigenvalue weighted by molar-refractivity contribution is -0.114. The molecule has 2 nitrogen and oxygen atoms in total. The lowest BCUT2D eigenvalue weighted by Crippen LogP contribution is -2.12. The van der Waals surface area contributed by atoms with E-state index in [9.17, 15) is 4.79 Å². The first-order chi connectivity index (χ1) is 3.18. The van der Waals surface area contributed by atoms with Gasteiger partial charge >= 0.3 is 0 Å². The van der Waals surface area contributed by atoms with Crippen LogP contribution in [-0.2, 0) is 4.79 Å². The number of amides is 1. The van der Waals surface area contributed by atoms with Crippen molar-refractivity contribution in [2.24, 2.45) is 5.73 Å². The molecule has 0 aliphatic carbocycles. The van der Waals surface area contributed by atoms with Gasteiger partial charge in [0.25, 0.3) is 0 Å². The molecule has 0 unspecified atom stereocenters. The molecule has 0 bridgehead atoms. The molecule has 2 N–H and O–H groups in total. The lowest BCUT2D eigenvalue weighted by Gasteiger charge is -1.82. The molecule has 0 aliphatic rings. The molecule has 0 spiro atoms. The summed E-state index contributed by atoms with van der Waals surface area (Å²) in [5, 5.41) is 1.16. The quantitative estimate of drug-likeness (QED) is 0.407. The van der Waals surface area contributed by atoms with Crippen molar-refractivity contribution in [2.75, 3.05) is 0 Å². The largest absolute Gasteiger partial charge is 0.366 e. The van der Waals surface area contributed by atoms with Crippen molar-refractivity contribution in [3.05, 3.63) is 12.2 Å². The number of primary amides is 1. The third-order valence-electron chi connectivity index (χ3n) is 0.459. The highest BCUT2D eigenvalue weighted by Gasteiger charge is 1.91. The average molecular weight is 115 g/mol. The number of carbonyl (C=O) groups excluding carboxylic acids is 1. The first kappa shape index (κ1) is 6.30. The molecule has 3 heteroatoms. The summed E-state index contributed by atoms with van der Waals surface area (Å²) in [4.78, 5) is 9.96. The fourth-order valence-corrected chi connectivity index (χ4v) is 0.174. The van der Waals surface area contributed by atoms with E-state index in [1.165, 1.54) is 0 Å². The molecule has 0 rings (SSSR count). The monoisotopic (exact) mass is 115 g/mol. The molecule has 7 heavy (non-hydrogen) atoms. The van der Waals surface area contributed by atoms with Gasteiger partial charge in [-0.1, -0.05) is 18.8 Å². The Morgan fingerprint density at radius 1 is 1.86 bits per heavy atom. The van der Waals surface area contributed by atoms with E-state index >= 15 is 0 Å². The van der Waals surface area contributed by atoms with Gasteiger partial charge in [0, 0.05) is 10.9 Å². The Morgan fingerprint density at radius 2 is 2.29 bits per heavy atom. The average Bonchev–Trinajstić information content (AvgIpc) is 1.65. The van der Waals surface area contributed by atoms with E-state index in [0.717, 1.165) is 5.37 Å². The first-order valence-corrected chi connectivity index (χ1v) is 2.09. The summed E-state index contributed by atoms with van der Waals surface area (Å²) in [5.41, 5.74) is 4.89. The highest BCUT2D eigenvalue weighted by atomic mass is 32.1. The van der Waals surface area contributed by atoms with E-state index in [4.69, 9.17) is 5.73 Å². The van der Waals surface area contributed by atoms with Gasteiger partial charge in [0.15, 0.2) is 0 Å². The minimum Gasteiger partial charge on any atom is -0.366 e. The standard InChI is InChI=1S/C4H5NOS/c1-3(2-7)4(5)6/h2H,1H2,(H2,5,6). The van der Waals surface area contributed by atoms with Crippen LogP contribution in [0.2, 0.25) is 0 Å². The molecule has 0 atom stereocenters. The Hall–Kier alpha value is -0.700. The van der Waals surface area contributed by atoms with Gasteiger partial charge in [0.2, 0.25) is 5.91 Å². The summed E-state index contributed by atoms with van der Waals surface area (Å²) in [5.74, 6) is -0.560. The van der Waals surface area contributed by atoms with Gasteiger partial charge in [0.1, 0.15) is 0 Å². The maximum absolute atomic E-state index is 9.96. The van der Waals surface area contributed by atoms with Crippen LogP contribution >= 0.6 is 12.2 Å². The van der Waals surface area contributed by atoms with Gasteiger partial charge in [-0.05, 0) is 0 Å². The van der Waals surface area contributed by atoms with Crippen molar-refractivity contribution in [2.45, 2.75) is 0 Å². The summed E-state index contributed by atoms with van der Waals surface area (Å²) >= 11 is 4.33. The molecule has 0 aromatic carbocycles. The summed E-state index contributed by atoms with van der Waals surface area (Å²) < 4.78 is 0. The van der Waals surface area contributed by atoms with Crippen LogP contribution < -0.4 is 5.73 Å². The SMILES string of the molecule is C=C(C=S)C(N)=O. The van der Waals surface area contributed by atoms with Gasteiger partial charge in [-0.2, -0.15) is 0 Å². The first-order valence-electron chi connectivity index (χ1n) is 1.62. The Bertz CT molecular complexity index is 119. The molecule has 0 radical (unpaired) electrons. The molecule has 0 aromatic rings. The van der Waals surface area contributed by atoms with E-state index in [0.29, 0.717) is 0 Å². The second-order valence-electron chi connectivity index (χ2n) is 1.01. The highest BCUT2D eigenvalue weighted by molar-refractivity contribution is 7.79. The van der Waals surface area contributed by atoms with Crippen LogP contribution in [0.3, 0.4) is 0 Å². The summed E-state index contributed by atoms with van der Waals surface area (Å²) in [7, 11) is 0. The van der Waals surface area contributed by atoms with Crippen LogP contribution in [0.1, 0.15) is 0 Å². The zero-order chi connectivity index (χ0) is 5.86. The molecule has 0 aliphatic heterocycles. The minimum atomic E-state index is -0.560. The molecule has 0 fully saturated rings. The fraction of sp³-hybridized carbons (Fsp3) is 0. The fourth-order valence-electron chi connectivity index (χ4n) is 0.0581. The van der Waals surface area contributed by atoms with Crippen molar-refractivity contribution in [3.8, 4) is 0 Å². The Kier molecular flexibility index (Phi) is 2.22. The molecular weight excluding hydrogens is 110 g/mol. The van der Waals surface area contributed by atoms with Gasteiger partial charge in [-0.15, -0.1) is 0 Å². The predicted molar refractivity (Wildman–Crippen MR) is 32.0 cm³/mol. The number of rotatable bonds is 2. The van der Waals surface area contributed by atoms with Crippen LogP contribution in [0.5, 0.6) is 0 Å². The number of hydrogen-bond donors (Lipinski definition) is 1. The van der Waals surface area contributed by atoms with Gasteiger partial charge < -0.3 is 5.73 Å². The Balaban J connectivity index is 3.81. The van der Waals surface area contributed by atoms with Gasteiger partial charge in [0.05, 0.1) is 0 Å². The minimum absolute atomic E-state index is 0.176. The van der Waals surface area contributed by atoms with E-state index in [-0.39, 0.29) is 5.57 Å². The van der Waals surface area contributed by atoms with Crippen LogP contribution in [0.4, 0.5) is 0 Å². The molecule has 0 saturated carbocycles. The van der Waals surface area contributed by atoms with Crippen molar-refractivity contribution >= 4 is 23.5 Å². The number of carbonyl (C=O) groups is 1. The van der Waals surface area contributed by atoms with Crippen LogP contribution in [0.15, 0.2) is 12.2 Å². The normalized spacial score (nSPS) is 7.43. The second kappa shape index (κ2) is 2.47. The van der Waals surface area contributed by atoms with E-state index in [1.54, 1.807) is 0 Å². The zero-order valence-corrected chi connectivity index (χ0v) is 4.49. The van der Waals surface area contributed by atoms with Gasteiger partial charge in [-0.3, -0.25) is 4.79 Å². The zero-order valence-electron chi connectivity index (χ0n) is 3.68. The molecule has 38 valence electrons. The van der Waals surface area contributed by atoms with E-state index in [1.807, 2.05) is 0 Å². The maximum Gasteiger partial charge on any atom is 0.248 e. The lowest BCUT2D eigenvalue weighted by atomic mass is 10.3. The molecule has 0 heterocycles. The van der Waals surface area contributed by atoms with Crippen LogP contribution in [0.25, 0.3) is 0 Å². The third kappa shape index (κ3) is 2.05. The second-order valence-corrected chi connectivity index (χ2v) is 1.24. The molecule has 0 aromatic heterocycles. The maximum atomic E-state index is 9.96. The number of hydrogen-bond acceptors (Lipinski definition) is 2. The Labute approximate surface area is 47.0 Å². The summed E-state index contributed by atoms with van der Waals surface area (Å²) in [6.45, 7) is 3.24. The highest BCUT2D eigenvalue weighted by Crippen LogP contribution is 1.78. The predicted octanol–water partition coefficient (Wildman–Crippen LogP) is 0.0276. The van der Waals surface area contributed by atoms with E-state index < -0.39 is 5.91 Å². The smallest absolute Gasteiger partial charge is 0.248 e. The summed E-state index contributed by atoms with van der Waals surface area (Å²) in [6, 6.07) is 0. The summed E-state index contributed by atoms with van der Waals surface area (Å²) in [6.07, 6.45) is 0.